The van der Waals surface area contributed by atoms with Crippen LogP contribution in [0.4, 0.5) is 11.4 Å². The molecule has 0 atom stereocenters. The number of carbonyl (C=O) groups is 1. The SMILES string of the molecule is Cc1cc(Cl)ccc1NC(=O)c1cc2cc(N(Cc3ccc(Cl)cc3)S(C)(=O)=O)ccc2s1. The number of sulfonamides is 1. The molecular weight excluding hydrogens is 499 g/mol. The van der Waals surface area contributed by atoms with Gasteiger partial charge in [-0.1, -0.05) is 35.3 Å². The van der Waals surface area contributed by atoms with Crippen LogP contribution in [0.3, 0.4) is 0 Å². The van der Waals surface area contributed by atoms with E-state index in [1.165, 1.54) is 21.9 Å². The Kier molecular flexibility index (Phi) is 6.68. The van der Waals surface area contributed by atoms with E-state index in [0.717, 1.165) is 21.2 Å². The minimum atomic E-state index is -3.54. The van der Waals surface area contributed by atoms with E-state index in [-0.39, 0.29) is 12.5 Å². The molecule has 0 saturated heterocycles. The minimum absolute atomic E-state index is 0.175. The second-order valence-corrected chi connectivity index (χ2v) is 11.5. The normalized spacial score (nSPS) is 11.5. The smallest absolute Gasteiger partial charge is 0.265 e. The van der Waals surface area contributed by atoms with E-state index in [0.29, 0.717) is 26.3 Å². The first-order chi connectivity index (χ1) is 15.6. The molecule has 0 bridgehead atoms. The first-order valence-corrected chi connectivity index (χ1v) is 13.4. The number of benzene rings is 3. The summed E-state index contributed by atoms with van der Waals surface area (Å²) in [7, 11) is -3.54. The summed E-state index contributed by atoms with van der Waals surface area (Å²) in [6, 6.07) is 19.5. The number of carbonyl (C=O) groups excluding carboxylic acids is 1. The van der Waals surface area contributed by atoms with Crippen molar-refractivity contribution in [2.24, 2.45) is 0 Å². The highest BCUT2D eigenvalue weighted by molar-refractivity contribution is 7.92. The Morgan fingerprint density at radius 1 is 0.970 bits per heavy atom. The molecule has 0 radical (unpaired) electrons. The number of thiophene rings is 1. The van der Waals surface area contributed by atoms with Crippen molar-refractivity contribution in [2.75, 3.05) is 15.9 Å². The molecular formula is C24H20Cl2N2O3S2. The van der Waals surface area contributed by atoms with Crippen LogP contribution >= 0.6 is 34.5 Å². The van der Waals surface area contributed by atoms with Crippen LogP contribution in [0.2, 0.25) is 10.0 Å². The first-order valence-electron chi connectivity index (χ1n) is 9.93. The van der Waals surface area contributed by atoms with Gasteiger partial charge < -0.3 is 5.32 Å². The van der Waals surface area contributed by atoms with Gasteiger partial charge in [0.05, 0.1) is 23.4 Å². The molecule has 0 aliphatic carbocycles. The summed E-state index contributed by atoms with van der Waals surface area (Å²) in [5.74, 6) is -0.232. The number of fused-ring (bicyclic) bond motifs is 1. The molecule has 4 rings (SSSR count). The van der Waals surface area contributed by atoms with Crippen LogP contribution in [0.5, 0.6) is 0 Å². The topological polar surface area (TPSA) is 66.5 Å². The van der Waals surface area contributed by atoms with Gasteiger partial charge >= 0.3 is 0 Å². The van der Waals surface area contributed by atoms with Crippen molar-refractivity contribution < 1.29 is 13.2 Å². The molecule has 1 aromatic heterocycles. The predicted octanol–water partition coefficient (Wildman–Crippen LogP) is 6.74. The molecule has 0 spiro atoms. The molecule has 170 valence electrons. The zero-order valence-electron chi connectivity index (χ0n) is 17.8. The lowest BCUT2D eigenvalue weighted by atomic mass is 10.2. The van der Waals surface area contributed by atoms with Crippen molar-refractivity contribution in [1.29, 1.82) is 0 Å². The number of rotatable bonds is 6. The van der Waals surface area contributed by atoms with E-state index in [9.17, 15) is 13.2 Å². The summed E-state index contributed by atoms with van der Waals surface area (Å²) in [6.45, 7) is 2.05. The van der Waals surface area contributed by atoms with Crippen LogP contribution in [0, 0.1) is 6.92 Å². The Hall–Kier alpha value is -2.58. The Labute approximate surface area is 206 Å². The maximum atomic E-state index is 12.8. The molecule has 1 heterocycles. The predicted molar refractivity (Wildman–Crippen MR) is 138 cm³/mol. The van der Waals surface area contributed by atoms with E-state index >= 15 is 0 Å². The van der Waals surface area contributed by atoms with Gasteiger partial charge in [-0.15, -0.1) is 11.3 Å². The number of hydrogen-bond acceptors (Lipinski definition) is 4. The third kappa shape index (κ3) is 5.50. The van der Waals surface area contributed by atoms with Crippen molar-refractivity contribution in [3.63, 3.8) is 0 Å². The minimum Gasteiger partial charge on any atom is -0.321 e. The molecule has 0 aliphatic rings. The average molecular weight is 519 g/mol. The first kappa shape index (κ1) is 23.6. The molecule has 0 aliphatic heterocycles. The van der Waals surface area contributed by atoms with Crippen molar-refractivity contribution in [1.82, 2.24) is 0 Å². The standard InChI is InChI=1S/C24H20Cl2N2O3S2/c1-15-11-19(26)7-9-21(15)27-24(29)23-13-17-12-20(8-10-22(17)32-23)28(33(2,30)31)14-16-3-5-18(25)6-4-16/h3-13H,14H2,1-2H3,(H,27,29). The van der Waals surface area contributed by atoms with E-state index in [1.54, 1.807) is 60.7 Å². The van der Waals surface area contributed by atoms with Crippen molar-refractivity contribution in [2.45, 2.75) is 13.5 Å². The molecule has 9 heteroatoms. The Morgan fingerprint density at radius 3 is 2.33 bits per heavy atom. The third-order valence-corrected chi connectivity index (χ3v) is 7.83. The van der Waals surface area contributed by atoms with Crippen LogP contribution in [0.15, 0.2) is 66.7 Å². The van der Waals surface area contributed by atoms with E-state index in [1.807, 2.05) is 13.0 Å². The number of anilines is 2. The number of hydrogen-bond donors (Lipinski definition) is 1. The molecule has 3 aromatic carbocycles. The van der Waals surface area contributed by atoms with Gasteiger partial charge in [-0.05, 0) is 78.0 Å². The molecule has 1 N–H and O–H groups in total. The highest BCUT2D eigenvalue weighted by Crippen LogP contribution is 2.32. The maximum Gasteiger partial charge on any atom is 0.265 e. The van der Waals surface area contributed by atoms with E-state index in [4.69, 9.17) is 23.2 Å². The number of halogens is 2. The van der Waals surface area contributed by atoms with Gasteiger partial charge in [0.15, 0.2) is 0 Å². The summed E-state index contributed by atoms with van der Waals surface area (Å²) in [5.41, 5.74) is 2.89. The Morgan fingerprint density at radius 2 is 1.67 bits per heavy atom. The zero-order valence-corrected chi connectivity index (χ0v) is 20.9. The lowest BCUT2D eigenvalue weighted by molar-refractivity contribution is 0.103. The number of nitrogens with zero attached hydrogens (tertiary/aromatic N) is 1. The summed E-state index contributed by atoms with van der Waals surface area (Å²) in [6.07, 6.45) is 1.17. The van der Waals surface area contributed by atoms with Gasteiger partial charge in [0.25, 0.3) is 5.91 Å². The lowest BCUT2D eigenvalue weighted by Crippen LogP contribution is -2.29. The zero-order chi connectivity index (χ0) is 23.8. The van der Waals surface area contributed by atoms with E-state index in [2.05, 4.69) is 5.32 Å². The van der Waals surface area contributed by atoms with Crippen LogP contribution in [0.25, 0.3) is 10.1 Å². The summed E-state index contributed by atoms with van der Waals surface area (Å²) in [5, 5.41) is 4.89. The number of aryl methyl sites for hydroxylation is 1. The second-order valence-electron chi connectivity index (χ2n) is 7.64. The second kappa shape index (κ2) is 9.35. The summed E-state index contributed by atoms with van der Waals surface area (Å²) < 4.78 is 27.3. The van der Waals surface area contributed by atoms with E-state index < -0.39 is 10.0 Å². The molecule has 4 aromatic rings. The molecule has 1 amide bonds. The molecule has 0 fully saturated rings. The van der Waals surface area contributed by atoms with Crippen LogP contribution in [-0.2, 0) is 16.6 Å². The number of nitrogens with one attached hydrogen (secondary N) is 1. The molecule has 33 heavy (non-hydrogen) atoms. The van der Waals surface area contributed by atoms with Gasteiger partial charge in [-0.2, -0.15) is 0 Å². The summed E-state index contributed by atoms with van der Waals surface area (Å²) in [4.78, 5) is 13.3. The fraction of sp³-hybridized carbons (Fsp3) is 0.125. The highest BCUT2D eigenvalue weighted by atomic mass is 35.5. The average Bonchev–Trinajstić information content (AvgIpc) is 3.18. The van der Waals surface area contributed by atoms with Gasteiger partial charge in [-0.3, -0.25) is 9.10 Å². The van der Waals surface area contributed by atoms with Crippen molar-refractivity contribution in [3.05, 3.63) is 92.8 Å². The maximum absolute atomic E-state index is 12.8. The van der Waals surface area contributed by atoms with Crippen LogP contribution in [-0.4, -0.2) is 20.6 Å². The fourth-order valence-corrected chi connectivity index (χ4v) is 5.58. The van der Waals surface area contributed by atoms with Gasteiger partial charge in [0, 0.05) is 20.4 Å². The largest absolute Gasteiger partial charge is 0.321 e. The van der Waals surface area contributed by atoms with Crippen LogP contribution < -0.4 is 9.62 Å². The number of amides is 1. The Bertz CT molecular complexity index is 1450. The third-order valence-electron chi connectivity index (χ3n) is 5.09. The fourth-order valence-electron chi connectivity index (χ4n) is 3.40. The van der Waals surface area contributed by atoms with Crippen molar-refractivity contribution in [3.8, 4) is 0 Å². The van der Waals surface area contributed by atoms with Crippen LogP contribution in [0.1, 0.15) is 20.8 Å². The monoisotopic (exact) mass is 518 g/mol. The highest BCUT2D eigenvalue weighted by Gasteiger charge is 2.19. The Balaban J connectivity index is 1.63. The van der Waals surface area contributed by atoms with Gasteiger partial charge in [-0.25, -0.2) is 8.42 Å². The molecule has 0 saturated carbocycles. The summed E-state index contributed by atoms with van der Waals surface area (Å²) >= 11 is 13.3. The van der Waals surface area contributed by atoms with Gasteiger partial charge in [0.2, 0.25) is 10.0 Å². The lowest BCUT2D eigenvalue weighted by Gasteiger charge is -2.22. The quantitative estimate of drug-likeness (QED) is 0.307. The molecule has 0 unspecified atom stereocenters. The van der Waals surface area contributed by atoms with Gasteiger partial charge in [0.1, 0.15) is 0 Å². The molecule has 5 nitrogen and oxygen atoms in total. The van der Waals surface area contributed by atoms with Crippen molar-refractivity contribution >= 4 is 71.9 Å².